The minimum Gasteiger partial charge on any atom is -0.378 e. The molecule has 2 saturated heterocycles. The van der Waals surface area contributed by atoms with Crippen LogP contribution in [0.3, 0.4) is 0 Å². The quantitative estimate of drug-likeness (QED) is 0.759. The Bertz CT molecular complexity index is 488. The van der Waals surface area contributed by atoms with E-state index in [4.69, 9.17) is 4.74 Å². The van der Waals surface area contributed by atoms with Gasteiger partial charge in [0.05, 0.1) is 19.3 Å². The van der Waals surface area contributed by atoms with Crippen molar-refractivity contribution in [3.8, 4) is 0 Å². The molecule has 140 valence electrons. The van der Waals surface area contributed by atoms with Crippen LogP contribution in [-0.4, -0.2) is 85.0 Å². The molecule has 0 aromatic heterocycles. The first-order valence-corrected chi connectivity index (χ1v) is 10.1. The van der Waals surface area contributed by atoms with Crippen molar-refractivity contribution in [1.29, 1.82) is 0 Å². The van der Waals surface area contributed by atoms with Crippen LogP contribution >= 0.6 is 0 Å². The lowest BCUT2D eigenvalue weighted by Gasteiger charge is -2.43. The minimum absolute atomic E-state index is 0.0128. The van der Waals surface area contributed by atoms with Gasteiger partial charge in [-0.05, 0) is 31.6 Å². The van der Waals surface area contributed by atoms with Gasteiger partial charge in [-0.3, -0.25) is 14.5 Å². The number of hydrogen-bond acceptors (Lipinski definition) is 4. The summed E-state index contributed by atoms with van der Waals surface area (Å²) in [6, 6.07) is 0.0128. The zero-order valence-electron chi connectivity index (χ0n) is 15.2. The molecule has 2 heterocycles. The van der Waals surface area contributed by atoms with Crippen LogP contribution in [0.15, 0.2) is 0 Å². The number of carbonyl (C=O) groups is 2. The van der Waals surface area contributed by atoms with Crippen molar-refractivity contribution < 1.29 is 14.3 Å². The summed E-state index contributed by atoms with van der Waals surface area (Å²) < 4.78 is 5.42. The predicted molar refractivity (Wildman–Crippen MR) is 94.0 cm³/mol. The molecule has 4 rings (SSSR count). The van der Waals surface area contributed by atoms with E-state index < -0.39 is 0 Å². The minimum atomic E-state index is 0.0128. The zero-order chi connectivity index (χ0) is 17.2. The molecule has 0 radical (unpaired) electrons. The second kappa shape index (κ2) is 7.62. The van der Waals surface area contributed by atoms with Crippen LogP contribution < -0.4 is 0 Å². The summed E-state index contributed by atoms with van der Waals surface area (Å²) in [7, 11) is 0. The third-order valence-electron chi connectivity index (χ3n) is 6.37. The normalized spacial score (nSPS) is 27.5. The highest BCUT2D eigenvalue weighted by atomic mass is 16.5. The maximum absolute atomic E-state index is 13.3. The summed E-state index contributed by atoms with van der Waals surface area (Å²) >= 11 is 0. The second-order valence-corrected chi connectivity index (χ2v) is 8.06. The van der Waals surface area contributed by atoms with E-state index in [9.17, 15) is 9.59 Å². The predicted octanol–water partition coefficient (Wildman–Crippen LogP) is 0.958. The standard InChI is InChI=1S/C19H31N3O3/c23-18(16-5-6-16)21-9-7-20(8-10-21)17(15-3-1-2-4-15)19(24)22-11-13-25-14-12-22/h15-17H,1-14H2/t17-/m1/s1. The van der Waals surface area contributed by atoms with Crippen molar-refractivity contribution in [3.05, 3.63) is 0 Å². The Morgan fingerprint density at radius 2 is 1.44 bits per heavy atom. The topological polar surface area (TPSA) is 53.1 Å². The van der Waals surface area contributed by atoms with E-state index in [0.29, 0.717) is 36.9 Å². The number of amides is 2. The van der Waals surface area contributed by atoms with Crippen molar-refractivity contribution in [3.63, 3.8) is 0 Å². The Morgan fingerprint density at radius 3 is 2.04 bits per heavy atom. The first-order chi connectivity index (χ1) is 12.2. The van der Waals surface area contributed by atoms with Crippen LogP contribution in [0.5, 0.6) is 0 Å². The molecule has 4 fully saturated rings. The van der Waals surface area contributed by atoms with Gasteiger partial charge in [0.15, 0.2) is 0 Å². The molecule has 1 atom stereocenters. The fourth-order valence-corrected chi connectivity index (χ4v) is 4.71. The Labute approximate surface area is 150 Å². The van der Waals surface area contributed by atoms with Crippen LogP contribution in [0.4, 0.5) is 0 Å². The van der Waals surface area contributed by atoms with Crippen LogP contribution in [0.1, 0.15) is 38.5 Å². The van der Waals surface area contributed by atoms with E-state index in [-0.39, 0.29) is 6.04 Å². The van der Waals surface area contributed by atoms with Gasteiger partial charge in [0, 0.05) is 45.2 Å². The molecule has 6 heteroatoms. The van der Waals surface area contributed by atoms with Gasteiger partial charge in [-0.2, -0.15) is 0 Å². The Hall–Kier alpha value is -1.14. The number of ether oxygens (including phenoxy) is 1. The van der Waals surface area contributed by atoms with E-state index in [0.717, 1.165) is 52.1 Å². The third-order valence-corrected chi connectivity index (χ3v) is 6.37. The molecule has 0 unspecified atom stereocenters. The zero-order valence-corrected chi connectivity index (χ0v) is 15.2. The second-order valence-electron chi connectivity index (χ2n) is 8.06. The Morgan fingerprint density at radius 1 is 0.800 bits per heavy atom. The summed E-state index contributed by atoms with van der Waals surface area (Å²) in [5.74, 6) is 1.43. The molecule has 6 nitrogen and oxygen atoms in total. The van der Waals surface area contributed by atoms with Gasteiger partial charge in [-0.25, -0.2) is 0 Å². The lowest BCUT2D eigenvalue weighted by molar-refractivity contribution is -0.145. The molecule has 2 aliphatic heterocycles. The first-order valence-electron chi connectivity index (χ1n) is 10.1. The highest BCUT2D eigenvalue weighted by Gasteiger charge is 2.41. The summed E-state index contributed by atoms with van der Waals surface area (Å²) in [6.45, 7) is 6.03. The van der Waals surface area contributed by atoms with Crippen molar-refractivity contribution >= 4 is 11.8 Å². The number of rotatable bonds is 4. The first kappa shape index (κ1) is 17.3. The molecular weight excluding hydrogens is 318 g/mol. The summed E-state index contributed by atoms with van der Waals surface area (Å²) in [5.41, 5.74) is 0. The smallest absolute Gasteiger partial charge is 0.240 e. The monoisotopic (exact) mass is 349 g/mol. The molecular formula is C19H31N3O3. The maximum atomic E-state index is 13.3. The molecule has 0 N–H and O–H groups in total. The Kier molecular flexibility index (Phi) is 5.27. The number of nitrogens with zero attached hydrogens (tertiary/aromatic N) is 3. The fourth-order valence-electron chi connectivity index (χ4n) is 4.71. The van der Waals surface area contributed by atoms with Crippen LogP contribution in [0.2, 0.25) is 0 Å². The van der Waals surface area contributed by atoms with Gasteiger partial charge in [0.1, 0.15) is 0 Å². The average Bonchev–Trinajstić information content (AvgIpc) is 3.39. The number of morpholine rings is 1. The SMILES string of the molecule is O=C(C1CC1)N1CCN([C@@H](C(=O)N2CCOCC2)C2CCCC2)CC1. The largest absolute Gasteiger partial charge is 0.378 e. The number of piperazine rings is 1. The van der Waals surface area contributed by atoms with E-state index in [2.05, 4.69) is 4.90 Å². The summed E-state index contributed by atoms with van der Waals surface area (Å²) in [5, 5.41) is 0. The molecule has 0 bridgehead atoms. The van der Waals surface area contributed by atoms with Gasteiger partial charge >= 0.3 is 0 Å². The molecule has 2 saturated carbocycles. The molecule has 0 aromatic rings. The summed E-state index contributed by atoms with van der Waals surface area (Å²) in [6.07, 6.45) is 6.97. The number of hydrogen-bond donors (Lipinski definition) is 0. The highest BCUT2D eigenvalue weighted by Crippen LogP contribution is 2.34. The van der Waals surface area contributed by atoms with E-state index in [1.807, 2.05) is 9.80 Å². The number of carbonyl (C=O) groups excluding carboxylic acids is 2. The van der Waals surface area contributed by atoms with Gasteiger partial charge in [-0.15, -0.1) is 0 Å². The molecule has 2 amide bonds. The maximum Gasteiger partial charge on any atom is 0.240 e. The third kappa shape index (κ3) is 3.85. The van der Waals surface area contributed by atoms with Crippen molar-refractivity contribution in [1.82, 2.24) is 14.7 Å². The van der Waals surface area contributed by atoms with E-state index in [1.165, 1.54) is 25.7 Å². The van der Waals surface area contributed by atoms with Crippen molar-refractivity contribution in [2.45, 2.75) is 44.6 Å². The van der Waals surface area contributed by atoms with Gasteiger partial charge in [0.2, 0.25) is 11.8 Å². The molecule has 2 aliphatic carbocycles. The summed E-state index contributed by atoms with van der Waals surface area (Å²) in [4.78, 5) is 32.0. The van der Waals surface area contributed by atoms with Gasteiger partial charge < -0.3 is 14.5 Å². The fraction of sp³-hybridized carbons (Fsp3) is 0.895. The van der Waals surface area contributed by atoms with Crippen LogP contribution in [0.25, 0.3) is 0 Å². The lowest BCUT2D eigenvalue weighted by Crippen LogP contribution is -2.59. The van der Waals surface area contributed by atoms with Gasteiger partial charge in [-0.1, -0.05) is 12.8 Å². The Balaban J connectivity index is 1.41. The molecule has 0 aromatic carbocycles. The van der Waals surface area contributed by atoms with Crippen LogP contribution in [-0.2, 0) is 14.3 Å². The van der Waals surface area contributed by atoms with Gasteiger partial charge in [0.25, 0.3) is 0 Å². The van der Waals surface area contributed by atoms with Crippen molar-refractivity contribution in [2.75, 3.05) is 52.5 Å². The molecule has 25 heavy (non-hydrogen) atoms. The molecule has 0 spiro atoms. The molecule has 4 aliphatic rings. The van der Waals surface area contributed by atoms with E-state index in [1.54, 1.807) is 0 Å². The van der Waals surface area contributed by atoms with Crippen LogP contribution in [0, 0.1) is 11.8 Å². The van der Waals surface area contributed by atoms with E-state index >= 15 is 0 Å². The lowest BCUT2D eigenvalue weighted by atomic mass is 9.94. The highest BCUT2D eigenvalue weighted by molar-refractivity contribution is 5.83. The van der Waals surface area contributed by atoms with Crippen molar-refractivity contribution in [2.24, 2.45) is 11.8 Å². The average molecular weight is 349 g/mol.